The quantitative estimate of drug-likeness (QED) is 0.882. The first kappa shape index (κ1) is 16.2. The minimum atomic E-state index is -4.56. The fourth-order valence-electron chi connectivity index (χ4n) is 1.82. The van der Waals surface area contributed by atoms with Gasteiger partial charge in [-0.1, -0.05) is 12.1 Å². The van der Waals surface area contributed by atoms with Crippen LogP contribution in [0.25, 0.3) is 0 Å². The van der Waals surface area contributed by atoms with Crippen LogP contribution in [-0.2, 0) is 6.18 Å². The lowest BCUT2D eigenvalue weighted by Gasteiger charge is -2.21. The summed E-state index contributed by atoms with van der Waals surface area (Å²) in [7, 11) is 1.46. The number of aliphatic hydroxyl groups excluding tert-OH is 1. The zero-order chi connectivity index (χ0) is 16.3. The molecule has 0 amide bonds. The first-order valence-electron chi connectivity index (χ1n) is 6.32. The Morgan fingerprint density at radius 2 is 1.82 bits per heavy atom. The Hall–Kier alpha value is -2.22. The number of nitrogens with zero attached hydrogens (tertiary/aromatic N) is 3. The van der Waals surface area contributed by atoms with Gasteiger partial charge in [-0.15, -0.1) is 0 Å². The number of hydrogen-bond donors (Lipinski definition) is 1. The molecule has 8 heteroatoms. The molecule has 0 unspecified atom stereocenters. The van der Waals surface area contributed by atoms with Crippen LogP contribution in [0.15, 0.2) is 36.5 Å². The van der Waals surface area contributed by atoms with Crippen molar-refractivity contribution in [1.82, 2.24) is 9.97 Å². The van der Waals surface area contributed by atoms with Crippen LogP contribution in [-0.4, -0.2) is 28.7 Å². The second-order valence-electron chi connectivity index (χ2n) is 4.69. The second-order valence-corrected chi connectivity index (χ2v) is 4.69. The highest BCUT2D eigenvalue weighted by Crippen LogP contribution is 2.28. The van der Waals surface area contributed by atoms with E-state index in [9.17, 15) is 22.7 Å². The molecule has 1 heterocycles. The van der Waals surface area contributed by atoms with Crippen molar-refractivity contribution in [2.75, 3.05) is 18.5 Å². The summed E-state index contributed by atoms with van der Waals surface area (Å²) in [6.07, 6.45) is -4.57. The van der Waals surface area contributed by atoms with Crippen molar-refractivity contribution in [3.8, 4) is 0 Å². The number of anilines is 1. The summed E-state index contributed by atoms with van der Waals surface area (Å²) in [5.74, 6) is -0.596. The SMILES string of the molecule is CN(C[C@@H](O)c1ccc(F)cc1)c1nccc(C(F)(F)F)n1. The summed E-state index contributed by atoms with van der Waals surface area (Å²) in [5, 5.41) is 10.0. The summed E-state index contributed by atoms with van der Waals surface area (Å²) < 4.78 is 50.6. The molecule has 22 heavy (non-hydrogen) atoms. The summed E-state index contributed by atoms with van der Waals surface area (Å²) >= 11 is 0. The largest absolute Gasteiger partial charge is 0.433 e. The predicted molar refractivity (Wildman–Crippen MR) is 71.7 cm³/mol. The number of rotatable bonds is 4. The molecule has 0 aliphatic heterocycles. The van der Waals surface area contributed by atoms with Crippen molar-refractivity contribution < 1.29 is 22.7 Å². The monoisotopic (exact) mass is 315 g/mol. The van der Waals surface area contributed by atoms with Gasteiger partial charge in [0, 0.05) is 13.2 Å². The average molecular weight is 315 g/mol. The van der Waals surface area contributed by atoms with Gasteiger partial charge in [-0.2, -0.15) is 13.2 Å². The maximum absolute atomic E-state index is 12.8. The average Bonchev–Trinajstić information content (AvgIpc) is 2.47. The van der Waals surface area contributed by atoms with Gasteiger partial charge in [-0.25, -0.2) is 14.4 Å². The van der Waals surface area contributed by atoms with E-state index in [1.54, 1.807) is 0 Å². The third kappa shape index (κ3) is 3.91. The molecule has 0 radical (unpaired) electrons. The van der Waals surface area contributed by atoms with Crippen LogP contribution in [0.2, 0.25) is 0 Å². The van der Waals surface area contributed by atoms with Gasteiger partial charge in [0.25, 0.3) is 0 Å². The molecular weight excluding hydrogens is 302 g/mol. The van der Waals surface area contributed by atoms with E-state index in [-0.39, 0.29) is 12.5 Å². The molecule has 1 aromatic carbocycles. The molecule has 0 aliphatic carbocycles. The Kier molecular flexibility index (Phi) is 4.60. The zero-order valence-electron chi connectivity index (χ0n) is 11.5. The topological polar surface area (TPSA) is 49.2 Å². The molecule has 0 fully saturated rings. The lowest BCUT2D eigenvalue weighted by Crippen LogP contribution is -2.26. The van der Waals surface area contributed by atoms with Gasteiger partial charge >= 0.3 is 6.18 Å². The molecule has 1 atom stereocenters. The number of aliphatic hydroxyl groups is 1. The van der Waals surface area contributed by atoms with Crippen molar-refractivity contribution in [3.63, 3.8) is 0 Å². The predicted octanol–water partition coefficient (Wildman–Crippen LogP) is 2.80. The summed E-state index contributed by atoms with van der Waals surface area (Å²) in [5.41, 5.74) is -0.610. The van der Waals surface area contributed by atoms with Gasteiger partial charge in [0.05, 0.1) is 12.6 Å². The lowest BCUT2D eigenvalue weighted by molar-refractivity contribution is -0.141. The van der Waals surface area contributed by atoms with Gasteiger partial charge in [0.2, 0.25) is 5.95 Å². The molecule has 0 bridgehead atoms. The standard InChI is InChI=1S/C14H13F4N3O/c1-21(8-11(22)9-2-4-10(15)5-3-9)13-19-7-6-12(20-13)14(16,17)18/h2-7,11,22H,8H2,1H3/t11-/m1/s1. The highest BCUT2D eigenvalue weighted by atomic mass is 19.4. The van der Waals surface area contributed by atoms with Crippen LogP contribution in [0.1, 0.15) is 17.4 Å². The summed E-state index contributed by atoms with van der Waals surface area (Å²) in [6, 6.07) is 5.97. The third-order valence-corrected chi connectivity index (χ3v) is 2.98. The van der Waals surface area contributed by atoms with Gasteiger partial charge in [0.1, 0.15) is 11.5 Å². The number of alkyl halides is 3. The Bertz CT molecular complexity index is 631. The summed E-state index contributed by atoms with van der Waals surface area (Å²) in [6.45, 7) is -0.0348. The smallest absolute Gasteiger partial charge is 0.387 e. The normalized spacial score (nSPS) is 13.0. The van der Waals surface area contributed by atoms with E-state index in [0.29, 0.717) is 5.56 Å². The first-order chi connectivity index (χ1) is 10.3. The van der Waals surface area contributed by atoms with Crippen LogP contribution in [0.5, 0.6) is 0 Å². The molecule has 4 nitrogen and oxygen atoms in total. The molecule has 118 valence electrons. The maximum atomic E-state index is 12.8. The minimum absolute atomic E-state index is 0.0348. The highest BCUT2D eigenvalue weighted by molar-refractivity contribution is 5.31. The van der Waals surface area contributed by atoms with Crippen molar-refractivity contribution >= 4 is 5.95 Å². The van der Waals surface area contributed by atoms with Crippen LogP contribution < -0.4 is 4.90 Å². The molecule has 0 spiro atoms. The Labute approximate surface area is 124 Å². The Morgan fingerprint density at radius 3 is 2.41 bits per heavy atom. The Morgan fingerprint density at radius 1 is 1.18 bits per heavy atom. The number of hydrogen-bond acceptors (Lipinski definition) is 4. The molecule has 0 saturated heterocycles. The fraction of sp³-hybridized carbons (Fsp3) is 0.286. The third-order valence-electron chi connectivity index (χ3n) is 2.98. The zero-order valence-corrected chi connectivity index (χ0v) is 11.5. The maximum Gasteiger partial charge on any atom is 0.433 e. The van der Waals surface area contributed by atoms with Crippen molar-refractivity contribution in [1.29, 1.82) is 0 Å². The number of aromatic nitrogens is 2. The fourth-order valence-corrected chi connectivity index (χ4v) is 1.82. The van der Waals surface area contributed by atoms with Gasteiger partial charge in [-0.3, -0.25) is 0 Å². The molecule has 0 aliphatic rings. The number of benzene rings is 1. The lowest BCUT2D eigenvalue weighted by atomic mass is 10.1. The molecule has 2 aromatic rings. The van der Waals surface area contributed by atoms with E-state index in [1.807, 2.05) is 0 Å². The van der Waals surface area contributed by atoms with Crippen LogP contribution in [0.4, 0.5) is 23.5 Å². The van der Waals surface area contributed by atoms with Gasteiger partial charge < -0.3 is 10.0 Å². The van der Waals surface area contributed by atoms with E-state index in [0.717, 1.165) is 12.3 Å². The van der Waals surface area contributed by atoms with Gasteiger partial charge in [-0.05, 0) is 23.8 Å². The van der Waals surface area contributed by atoms with E-state index >= 15 is 0 Å². The first-order valence-corrected chi connectivity index (χ1v) is 6.32. The van der Waals surface area contributed by atoms with Crippen LogP contribution >= 0.6 is 0 Å². The number of halogens is 4. The van der Waals surface area contributed by atoms with Gasteiger partial charge in [0.15, 0.2) is 0 Å². The van der Waals surface area contributed by atoms with Crippen molar-refractivity contribution in [3.05, 3.63) is 53.6 Å². The molecular formula is C14H13F4N3O. The second kappa shape index (κ2) is 6.27. The van der Waals surface area contributed by atoms with Crippen LogP contribution in [0.3, 0.4) is 0 Å². The van der Waals surface area contributed by atoms with E-state index < -0.39 is 23.8 Å². The Balaban J connectivity index is 2.11. The van der Waals surface area contributed by atoms with E-state index in [2.05, 4.69) is 9.97 Å². The van der Waals surface area contributed by atoms with Crippen molar-refractivity contribution in [2.24, 2.45) is 0 Å². The minimum Gasteiger partial charge on any atom is -0.387 e. The molecule has 0 saturated carbocycles. The molecule has 1 N–H and O–H groups in total. The summed E-state index contributed by atoms with van der Waals surface area (Å²) in [4.78, 5) is 8.48. The molecule has 1 aromatic heterocycles. The molecule has 2 rings (SSSR count). The van der Waals surface area contributed by atoms with Crippen LogP contribution in [0, 0.1) is 5.82 Å². The van der Waals surface area contributed by atoms with E-state index in [4.69, 9.17) is 0 Å². The highest BCUT2D eigenvalue weighted by Gasteiger charge is 2.33. The van der Waals surface area contributed by atoms with E-state index in [1.165, 1.54) is 36.2 Å². The number of likely N-dealkylation sites (N-methyl/N-ethyl adjacent to an activating group) is 1. The van der Waals surface area contributed by atoms with Crippen molar-refractivity contribution in [2.45, 2.75) is 12.3 Å².